The molecule has 0 amide bonds. The molecule has 132 valence electrons. The molecular weight excluding hydrogens is 344 g/mol. The van der Waals surface area contributed by atoms with Gasteiger partial charge in [0.2, 0.25) is 0 Å². The molecule has 3 aromatic rings. The van der Waals surface area contributed by atoms with Crippen molar-refractivity contribution in [1.29, 1.82) is 0 Å². The van der Waals surface area contributed by atoms with Gasteiger partial charge in [0.1, 0.15) is 11.5 Å². The van der Waals surface area contributed by atoms with E-state index in [-0.39, 0.29) is 5.78 Å². The summed E-state index contributed by atoms with van der Waals surface area (Å²) < 4.78 is 10.6. The Bertz CT molecular complexity index is 910. The van der Waals surface area contributed by atoms with Crippen LogP contribution in [0.3, 0.4) is 0 Å². The molecule has 0 bridgehead atoms. The third-order valence-corrected chi connectivity index (χ3v) is 5.08. The first-order valence-electron chi connectivity index (χ1n) is 8.26. The molecule has 1 heterocycles. The van der Waals surface area contributed by atoms with E-state index in [9.17, 15) is 4.79 Å². The van der Waals surface area contributed by atoms with Crippen molar-refractivity contribution >= 4 is 23.2 Å². The van der Waals surface area contributed by atoms with Crippen LogP contribution in [0.25, 0.3) is 6.08 Å². The molecule has 3 nitrogen and oxygen atoms in total. The van der Waals surface area contributed by atoms with Crippen LogP contribution in [0.5, 0.6) is 11.5 Å². The number of benzene rings is 2. The minimum atomic E-state index is -0.0146. The number of carbonyl (C=O) groups excluding carboxylic acids is 1. The van der Waals surface area contributed by atoms with Gasteiger partial charge in [-0.3, -0.25) is 4.79 Å². The fourth-order valence-electron chi connectivity index (χ4n) is 2.62. The van der Waals surface area contributed by atoms with Gasteiger partial charge in [0, 0.05) is 16.9 Å². The predicted octanol–water partition coefficient (Wildman–Crippen LogP) is 5.25. The molecular formula is C22H20O3S. The Hall–Kier alpha value is -2.85. The van der Waals surface area contributed by atoms with Gasteiger partial charge in [-0.2, -0.15) is 0 Å². The number of methoxy groups -OCH3 is 2. The monoisotopic (exact) mass is 364 g/mol. The van der Waals surface area contributed by atoms with E-state index in [4.69, 9.17) is 9.47 Å². The minimum Gasteiger partial charge on any atom is -0.497 e. The molecule has 26 heavy (non-hydrogen) atoms. The van der Waals surface area contributed by atoms with Crippen LogP contribution >= 0.6 is 11.3 Å². The Balaban J connectivity index is 1.73. The Morgan fingerprint density at radius 1 is 1.00 bits per heavy atom. The number of thiophene rings is 1. The van der Waals surface area contributed by atoms with Crippen molar-refractivity contribution in [3.8, 4) is 11.5 Å². The smallest absolute Gasteiger partial charge is 0.195 e. The molecule has 4 heteroatoms. The Labute approximate surface area is 157 Å². The van der Waals surface area contributed by atoms with Crippen molar-refractivity contribution in [1.82, 2.24) is 0 Å². The zero-order chi connectivity index (χ0) is 18.4. The van der Waals surface area contributed by atoms with Gasteiger partial charge < -0.3 is 9.47 Å². The van der Waals surface area contributed by atoms with Crippen LogP contribution in [0.1, 0.15) is 25.7 Å². The molecule has 0 saturated heterocycles. The van der Waals surface area contributed by atoms with Crippen LogP contribution in [-0.2, 0) is 6.42 Å². The van der Waals surface area contributed by atoms with E-state index in [1.54, 1.807) is 26.4 Å². The van der Waals surface area contributed by atoms with Crippen LogP contribution in [-0.4, -0.2) is 20.0 Å². The van der Waals surface area contributed by atoms with Crippen LogP contribution in [0.15, 0.2) is 66.7 Å². The molecule has 0 saturated carbocycles. The average molecular weight is 364 g/mol. The van der Waals surface area contributed by atoms with Gasteiger partial charge in [-0.15, -0.1) is 11.3 Å². The topological polar surface area (TPSA) is 35.5 Å². The first-order valence-corrected chi connectivity index (χ1v) is 9.08. The second-order valence-corrected chi connectivity index (χ2v) is 6.90. The lowest BCUT2D eigenvalue weighted by Crippen LogP contribution is -1.92. The summed E-state index contributed by atoms with van der Waals surface area (Å²) in [4.78, 5) is 14.4. The van der Waals surface area contributed by atoms with Gasteiger partial charge in [-0.05, 0) is 48.0 Å². The zero-order valence-corrected chi connectivity index (χ0v) is 15.6. The highest BCUT2D eigenvalue weighted by Crippen LogP contribution is 2.26. The normalized spacial score (nSPS) is 10.8. The average Bonchev–Trinajstić information content (AvgIpc) is 3.15. The molecule has 0 unspecified atom stereocenters. The quantitative estimate of drug-likeness (QED) is 0.424. The minimum absolute atomic E-state index is 0.0146. The third kappa shape index (κ3) is 4.41. The first-order chi connectivity index (χ1) is 12.7. The SMILES string of the molecule is COc1ccc(OC)c(/C=C/C(=O)c2ccc(Cc3ccccc3)s2)c1. The summed E-state index contributed by atoms with van der Waals surface area (Å²) >= 11 is 1.53. The van der Waals surface area contributed by atoms with Gasteiger partial charge in [-0.25, -0.2) is 0 Å². The summed E-state index contributed by atoms with van der Waals surface area (Å²) in [7, 11) is 3.22. The number of allylic oxidation sites excluding steroid dienone is 1. The number of ketones is 1. The molecule has 0 fully saturated rings. The Morgan fingerprint density at radius 3 is 2.54 bits per heavy atom. The molecule has 0 spiro atoms. The van der Waals surface area contributed by atoms with E-state index in [1.807, 2.05) is 48.5 Å². The maximum absolute atomic E-state index is 12.5. The van der Waals surface area contributed by atoms with Gasteiger partial charge >= 0.3 is 0 Å². The lowest BCUT2D eigenvalue weighted by molar-refractivity contribution is 0.105. The molecule has 2 aromatic carbocycles. The van der Waals surface area contributed by atoms with Crippen LogP contribution < -0.4 is 9.47 Å². The summed E-state index contributed by atoms with van der Waals surface area (Å²) in [6.45, 7) is 0. The van der Waals surface area contributed by atoms with Gasteiger partial charge in [0.05, 0.1) is 19.1 Å². The standard InChI is InChI=1S/C22H20O3S/c1-24-18-9-12-21(25-2)17(15-18)8-11-20(23)22-13-10-19(26-22)14-16-6-4-3-5-7-16/h3-13,15H,14H2,1-2H3/b11-8+. The third-order valence-electron chi connectivity index (χ3n) is 3.98. The molecule has 0 aliphatic rings. The van der Waals surface area contributed by atoms with Crippen molar-refractivity contribution in [2.75, 3.05) is 14.2 Å². The van der Waals surface area contributed by atoms with Crippen molar-refractivity contribution in [3.63, 3.8) is 0 Å². The summed E-state index contributed by atoms with van der Waals surface area (Å²) in [5.74, 6) is 1.41. The summed E-state index contributed by atoms with van der Waals surface area (Å²) in [6, 6.07) is 19.6. The number of hydrogen-bond donors (Lipinski definition) is 0. The van der Waals surface area contributed by atoms with Crippen LogP contribution in [0.4, 0.5) is 0 Å². The molecule has 0 radical (unpaired) electrons. The highest BCUT2D eigenvalue weighted by atomic mass is 32.1. The molecule has 0 atom stereocenters. The summed E-state index contributed by atoms with van der Waals surface area (Å²) in [5.41, 5.74) is 2.05. The maximum Gasteiger partial charge on any atom is 0.195 e. The van der Waals surface area contributed by atoms with E-state index in [0.29, 0.717) is 5.75 Å². The van der Waals surface area contributed by atoms with E-state index in [1.165, 1.54) is 21.8 Å². The van der Waals surface area contributed by atoms with E-state index < -0.39 is 0 Å². The second-order valence-electron chi connectivity index (χ2n) is 5.73. The van der Waals surface area contributed by atoms with E-state index >= 15 is 0 Å². The molecule has 0 aliphatic heterocycles. The molecule has 0 aliphatic carbocycles. The largest absolute Gasteiger partial charge is 0.497 e. The van der Waals surface area contributed by atoms with Crippen LogP contribution in [0, 0.1) is 0 Å². The van der Waals surface area contributed by atoms with Gasteiger partial charge in [-0.1, -0.05) is 30.3 Å². The molecule has 0 N–H and O–H groups in total. The first kappa shape index (κ1) is 18.0. The van der Waals surface area contributed by atoms with Crippen molar-refractivity contribution in [3.05, 3.63) is 87.6 Å². The predicted molar refractivity (Wildman–Crippen MR) is 106 cm³/mol. The lowest BCUT2D eigenvalue weighted by atomic mass is 10.1. The van der Waals surface area contributed by atoms with E-state index in [0.717, 1.165) is 22.6 Å². The fraction of sp³-hybridized carbons (Fsp3) is 0.136. The molecule has 1 aromatic heterocycles. The number of rotatable bonds is 7. The highest BCUT2D eigenvalue weighted by molar-refractivity contribution is 7.14. The van der Waals surface area contributed by atoms with Crippen molar-refractivity contribution in [2.45, 2.75) is 6.42 Å². The Morgan fingerprint density at radius 2 is 1.81 bits per heavy atom. The summed E-state index contributed by atoms with van der Waals surface area (Å²) in [6.07, 6.45) is 4.18. The lowest BCUT2D eigenvalue weighted by Gasteiger charge is -2.06. The number of hydrogen-bond acceptors (Lipinski definition) is 4. The zero-order valence-electron chi connectivity index (χ0n) is 14.8. The molecule has 3 rings (SSSR count). The van der Waals surface area contributed by atoms with Crippen LogP contribution in [0.2, 0.25) is 0 Å². The number of carbonyl (C=O) groups is 1. The van der Waals surface area contributed by atoms with Crippen molar-refractivity contribution < 1.29 is 14.3 Å². The summed E-state index contributed by atoms with van der Waals surface area (Å²) in [5, 5.41) is 0. The van der Waals surface area contributed by atoms with Crippen molar-refractivity contribution in [2.24, 2.45) is 0 Å². The van der Waals surface area contributed by atoms with Gasteiger partial charge in [0.25, 0.3) is 0 Å². The van der Waals surface area contributed by atoms with Gasteiger partial charge in [0.15, 0.2) is 5.78 Å². The fourth-order valence-corrected chi connectivity index (χ4v) is 3.58. The highest BCUT2D eigenvalue weighted by Gasteiger charge is 2.08. The Kier molecular flexibility index (Phi) is 5.87. The second kappa shape index (κ2) is 8.50. The van der Waals surface area contributed by atoms with E-state index in [2.05, 4.69) is 12.1 Å². The number of ether oxygens (including phenoxy) is 2. The maximum atomic E-state index is 12.5.